The molecule has 0 saturated carbocycles. The molecule has 2 N–H and O–H groups in total. The minimum atomic E-state index is -1.00. The second-order valence-corrected chi connectivity index (χ2v) is 4.29. The molecule has 0 heterocycles. The molecule has 0 fully saturated rings. The van der Waals surface area contributed by atoms with Crippen LogP contribution in [0.15, 0.2) is 48.5 Å². The van der Waals surface area contributed by atoms with Gasteiger partial charge in [0.25, 0.3) is 0 Å². The lowest BCUT2D eigenvalue weighted by molar-refractivity contribution is -0.138. The quantitative estimate of drug-likeness (QED) is 0.885. The molecule has 0 aliphatic heterocycles. The molecular weight excluding hydrogens is 245 g/mol. The predicted molar refractivity (Wildman–Crippen MR) is 71.6 cm³/mol. The fraction of sp³-hybridized carbons (Fsp3) is 0.133. The van der Waals surface area contributed by atoms with Crippen LogP contribution in [0.4, 0.5) is 10.1 Å². The molecule has 0 amide bonds. The van der Waals surface area contributed by atoms with Gasteiger partial charge in [0.2, 0.25) is 0 Å². The van der Waals surface area contributed by atoms with Crippen LogP contribution in [0.25, 0.3) is 0 Å². The SMILES string of the molecule is Cc1cc(C(Nc2ccccc2)C(=O)O)ccc1F. The lowest BCUT2D eigenvalue weighted by Gasteiger charge is -2.16. The molecule has 19 heavy (non-hydrogen) atoms. The molecule has 0 spiro atoms. The van der Waals surface area contributed by atoms with Gasteiger partial charge in [-0.1, -0.05) is 30.3 Å². The van der Waals surface area contributed by atoms with Gasteiger partial charge in [-0.25, -0.2) is 9.18 Å². The smallest absolute Gasteiger partial charge is 0.330 e. The zero-order valence-electron chi connectivity index (χ0n) is 10.4. The Labute approximate surface area is 110 Å². The first-order valence-electron chi connectivity index (χ1n) is 5.88. The average molecular weight is 259 g/mol. The van der Waals surface area contributed by atoms with Crippen molar-refractivity contribution in [3.05, 3.63) is 65.5 Å². The van der Waals surface area contributed by atoms with E-state index in [1.54, 1.807) is 25.1 Å². The van der Waals surface area contributed by atoms with Gasteiger partial charge in [-0.15, -0.1) is 0 Å². The number of carbonyl (C=O) groups is 1. The summed E-state index contributed by atoms with van der Waals surface area (Å²) < 4.78 is 13.2. The van der Waals surface area contributed by atoms with Crippen molar-refractivity contribution < 1.29 is 14.3 Å². The molecule has 2 aromatic rings. The molecule has 2 aromatic carbocycles. The first-order valence-corrected chi connectivity index (χ1v) is 5.88. The molecule has 0 radical (unpaired) electrons. The highest BCUT2D eigenvalue weighted by molar-refractivity contribution is 5.79. The summed E-state index contributed by atoms with van der Waals surface area (Å²) in [4.78, 5) is 11.3. The first kappa shape index (κ1) is 13.1. The van der Waals surface area contributed by atoms with Gasteiger partial charge in [-0.05, 0) is 36.2 Å². The highest BCUT2D eigenvalue weighted by Crippen LogP contribution is 2.21. The number of benzene rings is 2. The Kier molecular flexibility index (Phi) is 3.80. The van der Waals surface area contributed by atoms with E-state index in [-0.39, 0.29) is 5.82 Å². The van der Waals surface area contributed by atoms with Gasteiger partial charge in [0.15, 0.2) is 6.04 Å². The largest absolute Gasteiger partial charge is 0.479 e. The molecule has 0 aromatic heterocycles. The van der Waals surface area contributed by atoms with Gasteiger partial charge >= 0.3 is 5.97 Å². The highest BCUT2D eigenvalue weighted by atomic mass is 19.1. The summed E-state index contributed by atoms with van der Waals surface area (Å²) in [6.07, 6.45) is 0. The fourth-order valence-corrected chi connectivity index (χ4v) is 1.84. The normalized spacial score (nSPS) is 11.9. The van der Waals surface area contributed by atoms with E-state index in [4.69, 9.17) is 0 Å². The number of para-hydroxylation sites is 1. The summed E-state index contributed by atoms with van der Waals surface area (Å²) in [7, 11) is 0. The van der Waals surface area contributed by atoms with Gasteiger partial charge in [0, 0.05) is 5.69 Å². The van der Waals surface area contributed by atoms with E-state index in [1.165, 1.54) is 12.1 Å². The van der Waals surface area contributed by atoms with Crippen molar-refractivity contribution >= 4 is 11.7 Å². The zero-order chi connectivity index (χ0) is 13.8. The third-order valence-corrected chi connectivity index (χ3v) is 2.85. The average Bonchev–Trinajstić information content (AvgIpc) is 2.40. The van der Waals surface area contributed by atoms with Crippen molar-refractivity contribution in [2.24, 2.45) is 0 Å². The van der Waals surface area contributed by atoms with E-state index in [1.807, 2.05) is 18.2 Å². The summed E-state index contributed by atoms with van der Waals surface area (Å²) >= 11 is 0. The molecular formula is C15H14FNO2. The minimum absolute atomic E-state index is 0.340. The third kappa shape index (κ3) is 3.10. The Morgan fingerprint density at radius 3 is 2.47 bits per heavy atom. The van der Waals surface area contributed by atoms with Crippen LogP contribution in [-0.4, -0.2) is 11.1 Å². The molecule has 2 rings (SSSR count). The maximum Gasteiger partial charge on any atom is 0.330 e. The van der Waals surface area contributed by atoms with E-state index >= 15 is 0 Å². The summed E-state index contributed by atoms with van der Waals surface area (Å²) in [5, 5.41) is 12.2. The fourth-order valence-electron chi connectivity index (χ4n) is 1.84. The van der Waals surface area contributed by atoms with Crippen molar-refractivity contribution in [3.63, 3.8) is 0 Å². The molecule has 98 valence electrons. The van der Waals surface area contributed by atoms with Gasteiger partial charge < -0.3 is 10.4 Å². The van der Waals surface area contributed by atoms with E-state index in [2.05, 4.69) is 5.32 Å². The van der Waals surface area contributed by atoms with Crippen LogP contribution in [0.2, 0.25) is 0 Å². The second kappa shape index (κ2) is 5.52. The molecule has 0 aliphatic rings. The number of hydrogen-bond donors (Lipinski definition) is 2. The Bertz CT molecular complexity index is 584. The number of aliphatic carboxylic acids is 1. The Balaban J connectivity index is 2.30. The van der Waals surface area contributed by atoms with Gasteiger partial charge in [-0.3, -0.25) is 0 Å². The van der Waals surface area contributed by atoms with Crippen molar-refractivity contribution in [2.75, 3.05) is 5.32 Å². The summed E-state index contributed by atoms with van der Waals surface area (Å²) in [6.45, 7) is 1.61. The van der Waals surface area contributed by atoms with Crippen LogP contribution >= 0.6 is 0 Å². The second-order valence-electron chi connectivity index (χ2n) is 4.29. The Morgan fingerprint density at radius 1 is 1.21 bits per heavy atom. The molecule has 4 heteroatoms. The number of rotatable bonds is 4. The van der Waals surface area contributed by atoms with Crippen molar-refractivity contribution in [3.8, 4) is 0 Å². The number of carboxylic acids is 1. The number of nitrogens with one attached hydrogen (secondary N) is 1. The number of aryl methyl sites for hydroxylation is 1. The molecule has 3 nitrogen and oxygen atoms in total. The summed E-state index contributed by atoms with van der Waals surface area (Å²) in [5.74, 6) is -1.34. The highest BCUT2D eigenvalue weighted by Gasteiger charge is 2.20. The van der Waals surface area contributed by atoms with Crippen molar-refractivity contribution in [1.82, 2.24) is 0 Å². The molecule has 1 atom stereocenters. The third-order valence-electron chi connectivity index (χ3n) is 2.85. The number of carboxylic acid groups (broad SMARTS) is 1. The summed E-state index contributed by atoms with van der Waals surface area (Å²) in [6, 6.07) is 12.5. The molecule has 0 bridgehead atoms. The van der Waals surface area contributed by atoms with Crippen LogP contribution in [0.1, 0.15) is 17.2 Å². The minimum Gasteiger partial charge on any atom is -0.479 e. The lowest BCUT2D eigenvalue weighted by Crippen LogP contribution is -2.20. The number of hydrogen-bond acceptors (Lipinski definition) is 2. The predicted octanol–water partition coefficient (Wildman–Crippen LogP) is 3.37. The van der Waals surface area contributed by atoms with Gasteiger partial charge in [0.05, 0.1) is 0 Å². The van der Waals surface area contributed by atoms with Crippen molar-refractivity contribution in [2.45, 2.75) is 13.0 Å². The van der Waals surface area contributed by atoms with Crippen LogP contribution in [0.3, 0.4) is 0 Å². The maximum absolute atomic E-state index is 13.2. The van der Waals surface area contributed by atoms with Crippen LogP contribution in [-0.2, 0) is 4.79 Å². The standard InChI is InChI=1S/C15H14FNO2/c1-10-9-11(7-8-13(10)16)14(15(18)19)17-12-5-3-2-4-6-12/h2-9,14,17H,1H3,(H,18,19). The molecule has 0 saturated heterocycles. The van der Waals surface area contributed by atoms with Crippen LogP contribution < -0.4 is 5.32 Å². The number of halogens is 1. The van der Waals surface area contributed by atoms with E-state index < -0.39 is 12.0 Å². The van der Waals surface area contributed by atoms with Gasteiger partial charge in [-0.2, -0.15) is 0 Å². The Hall–Kier alpha value is -2.36. The van der Waals surface area contributed by atoms with Crippen LogP contribution in [0.5, 0.6) is 0 Å². The monoisotopic (exact) mass is 259 g/mol. The summed E-state index contributed by atoms with van der Waals surface area (Å²) in [5.41, 5.74) is 1.66. The number of anilines is 1. The van der Waals surface area contributed by atoms with Crippen LogP contribution in [0, 0.1) is 12.7 Å². The topological polar surface area (TPSA) is 49.3 Å². The molecule has 1 unspecified atom stereocenters. The zero-order valence-corrected chi connectivity index (χ0v) is 10.4. The Morgan fingerprint density at radius 2 is 1.89 bits per heavy atom. The van der Waals surface area contributed by atoms with Crippen molar-refractivity contribution in [1.29, 1.82) is 0 Å². The van der Waals surface area contributed by atoms with Gasteiger partial charge in [0.1, 0.15) is 5.82 Å². The van der Waals surface area contributed by atoms with E-state index in [9.17, 15) is 14.3 Å². The maximum atomic E-state index is 13.2. The van der Waals surface area contributed by atoms with E-state index in [0.717, 1.165) is 0 Å². The molecule has 0 aliphatic carbocycles. The lowest BCUT2D eigenvalue weighted by atomic mass is 10.0. The van der Waals surface area contributed by atoms with E-state index in [0.29, 0.717) is 16.8 Å². The first-order chi connectivity index (χ1) is 9.08.